The molecule has 0 radical (unpaired) electrons. The van der Waals surface area contributed by atoms with Gasteiger partial charge in [0.15, 0.2) is 0 Å². The van der Waals surface area contributed by atoms with Gasteiger partial charge in [-0.15, -0.1) is 6.58 Å². The maximum Gasteiger partial charge on any atom is 0.216 e. The molecule has 12 heavy (non-hydrogen) atoms. The molecule has 0 aliphatic rings. The molecule has 1 unspecified atom stereocenters. The van der Waals surface area contributed by atoms with Crippen LogP contribution in [-0.2, 0) is 4.43 Å². The second-order valence-corrected chi connectivity index (χ2v) is 7.50. The number of hydrogen-bond donors (Lipinski definition) is 0. The number of rotatable bonds is 6. The molecular weight excluding hydrogens is 164 g/mol. The Morgan fingerprint density at radius 3 is 2.08 bits per heavy atom. The van der Waals surface area contributed by atoms with Gasteiger partial charge >= 0.3 is 0 Å². The minimum absolute atomic E-state index is 0.398. The Kier molecular flexibility index (Phi) is 5.50. The predicted octanol–water partition coefficient (Wildman–Crippen LogP) is 3.51. The first-order valence-electron chi connectivity index (χ1n) is 4.95. The van der Waals surface area contributed by atoms with E-state index in [0.29, 0.717) is 6.10 Å². The highest BCUT2D eigenvalue weighted by Gasteiger charge is 2.28. The largest absolute Gasteiger partial charge is 0.410 e. The first-order chi connectivity index (χ1) is 5.64. The SMILES string of the molecule is C=C[Si](CC)(CC)OC(C)CC. The van der Waals surface area contributed by atoms with Crippen molar-refractivity contribution in [1.29, 1.82) is 0 Å². The Morgan fingerprint density at radius 1 is 1.33 bits per heavy atom. The molecule has 0 N–H and O–H groups in total. The molecule has 0 saturated heterocycles. The van der Waals surface area contributed by atoms with Crippen LogP contribution in [0.3, 0.4) is 0 Å². The highest BCUT2D eigenvalue weighted by atomic mass is 28.4. The summed E-state index contributed by atoms with van der Waals surface area (Å²) in [5.41, 5.74) is 2.08. The van der Waals surface area contributed by atoms with Gasteiger partial charge in [0.1, 0.15) is 0 Å². The molecule has 0 heterocycles. The second-order valence-electron chi connectivity index (χ2n) is 3.31. The van der Waals surface area contributed by atoms with Crippen molar-refractivity contribution >= 4 is 8.32 Å². The maximum absolute atomic E-state index is 6.06. The molecule has 1 atom stereocenters. The van der Waals surface area contributed by atoms with Gasteiger partial charge in [-0.3, -0.25) is 0 Å². The van der Waals surface area contributed by atoms with E-state index in [-0.39, 0.29) is 0 Å². The van der Waals surface area contributed by atoms with E-state index in [2.05, 4.69) is 40.0 Å². The molecule has 0 aromatic carbocycles. The monoisotopic (exact) mass is 186 g/mol. The third-order valence-corrected chi connectivity index (χ3v) is 6.59. The zero-order valence-electron chi connectivity index (χ0n) is 8.89. The van der Waals surface area contributed by atoms with Crippen LogP contribution in [0, 0.1) is 0 Å². The van der Waals surface area contributed by atoms with E-state index in [1.165, 1.54) is 0 Å². The molecule has 72 valence electrons. The molecule has 0 saturated carbocycles. The van der Waals surface area contributed by atoms with Gasteiger partial charge in [0.2, 0.25) is 8.32 Å². The van der Waals surface area contributed by atoms with Gasteiger partial charge in [-0.05, 0) is 25.4 Å². The molecule has 1 nitrogen and oxygen atoms in total. The van der Waals surface area contributed by atoms with E-state index in [0.717, 1.165) is 18.5 Å². The van der Waals surface area contributed by atoms with Crippen LogP contribution in [0.25, 0.3) is 0 Å². The highest BCUT2D eigenvalue weighted by molar-refractivity contribution is 6.78. The Hall–Kier alpha value is -0.0831. The zero-order valence-corrected chi connectivity index (χ0v) is 9.89. The van der Waals surface area contributed by atoms with Gasteiger partial charge in [0.05, 0.1) is 0 Å². The molecule has 0 rings (SSSR count). The van der Waals surface area contributed by atoms with Crippen LogP contribution in [0.5, 0.6) is 0 Å². The van der Waals surface area contributed by atoms with Crippen molar-refractivity contribution in [3.8, 4) is 0 Å². The molecule has 2 heteroatoms. The van der Waals surface area contributed by atoms with E-state index >= 15 is 0 Å². The molecule has 0 aliphatic heterocycles. The van der Waals surface area contributed by atoms with Crippen molar-refractivity contribution in [3.05, 3.63) is 12.3 Å². The van der Waals surface area contributed by atoms with E-state index in [1.54, 1.807) is 0 Å². The first-order valence-corrected chi connectivity index (χ1v) is 7.35. The molecule has 0 spiro atoms. The lowest BCUT2D eigenvalue weighted by Gasteiger charge is -2.29. The van der Waals surface area contributed by atoms with Crippen LogP contribution in [0.1, 0.15) is 34.1 Å². The van der Waals surface area contributed by atoms with E-state index in [4.69, 9.17) is 4.43 Å². The smallest absolute Gasteiger partial charge is 0.216 e. The molecule has 0 amide bonds. The predicted molar refractivity (Wildman–Crippen MR) is 57.8 cm³/mol. The van der Waals surface area contributed by atoms with Crippen molar-refractivity contribution in [2.45, 2.75) is 52.3 Å². The van der Waals surface area contributed by atoms with Crippen molar-refractivity contribution in [2.75, 3.05) is 0 Å². The normalized spacial score (nSPS) is 14.3. The van der Waals surface area contributed by atoms with Crippen molar-refractivity contribution in [1.82, 2.24) is 0 Å². The Balaban J connectivity index is 4.19. The minimum Gasteiger partial charge on any atom is -0.410 e. The van der Waals surface area contributed by atoms with Crippen LogP contribution in [-0.4, -0.2) is 14.4 Å². The van der Waals surface area contributed by atoms with Gasteiger partial charge in [-0.1, -0.05) is 26.5 Å². The van der Waals surface area contributed by atoms with E-state index in [9.17, 15) is 0 Å². The van der Waals surface area contributed by atoms with Crippen molar-refractivity contribution < 1.29 is 4.43 Å². The van der Waals surface area contributed by atoms with Crippen LogP contribution in [0.4, 0.5) is 0 Å². The molecule has 0 aliphatic carbocycles. The summed E-state index contributed by atoms with van der Waals surface area (Å²) in [7, 11) is -1.54. The molecule has 0 aromatic rings. The third-order valence-electron chi connectivity index (χ3n) is 2.58. The summed E-state index contributed by atoms with van der Waals surface area (Å²) in [5, 5.41) is 0. The summed E-state index contributed by atoms with van der Waals surface area (Å²) in [4.78, 5) is 0. The lowest BCUT2D eigenvalue weighted by molar-refractivity contribution is 0.207. The van der Waals surface area contributed by atoms with Gasteiger partial charge in [0.25, 0.3) is 0 Å². The minimum atomic E-state index is -1.54. The standard InChI is InChI=1S/C10H22OSi/c1-6-10(5)11-12(7-2,8-3)9-4/h7,10H,2,6,8-9H2,1,3-5H3. The first kappa shape index (κ1) is 11.9. The topological polar surface area (TPSA) is 9.23 Å². The lowest BCUT2D eigenvalue weighted by atomic mass is 10.3. The van der Waals surface area contributed by atoms with Crippen LogP contribution in [0.15, 0.2) is 12.3 Å². The van der Waals surface area contributed by atoms with E-state index < -0.39 is 8.32 Å². The van der Waals surface area contributed by atoms with Gasteiger partial charge in [0, 0.05) is 6.10 Å². The fraction of sp³-hybridized carbons (Fsp3) is 0.800. The van der Waals surface area contributed by atoms with Gasteiger partial charge in [-0.25, -0.2) is 0 Å². The molecule has 0 aromatic heterocycles. The summed E-state index contributed by atoms with van der Waals surface area (Å²) in [6.07, 6.45) is 1.50. The fourth-order valence-corrected chi connectivity index (χ4v) is 3.71. The summed E-state index contributed by atoms with van der Waals surface area (Å²) in [6, 6.07) is 2.30. The number of hydrogen-bond acceptors (Lipinski definition) is 1. The summed E-state index contributed by atoms with van der Waals surface area (Å²) < 4.78 is 6.06. The van der Waals surface area contributed by atoms with Gasteiger partial charge < -0.3 is 4.43 Å². The Bertz CT molecular complexity index is 130. The Morgan fingerprint density at radius 2 is 1.83 bits per heavy atom. The maximum atomic E-state index is 6.06. The second kappa shape index (κ2) is 5.54. The van der Waals surface area contributed by atoms with Gasteiger partial charge in [-0.2, -0.15) is 0 Å². The average molecular weight is 186 g/mol. The summed E-state index contributed by atoms with van der Waals surface area (Å²) in [5.74, 6) is 0. The van der Waals surface area contributed by atoms with E-state index in [1.807, 2.05) is 0 Å². The molecule has 0 bridgehead atoms. The average Bonchev–Trinajstić information content (AvgIpc) is 2.14. The van der Waals surface area contributed by atoms with Crippen molar-refractivity contribution in [3.63, 3.8) is 0 Å². The van der Waals surface area contributed by atoms with Crippen molar-refractivity contribution in [2.24, 2.45) is 0 Å². The highest BCUT2D eigenvalue weighted by Crippen LogP contribution is 2.20. The van der Waals surface area contributed by atoms with Crippen LogP contribution < -0.4 is 0 Å². The quantitative estimate of drug-likeness (QED) is 0.577. The molecular formula is C10H22OSi. The zero-order chi connectivity index (χ0) is 9.61. The van der Waals surface area contributed by atoms with Crippen LogP contribution in [0.2, 0.25) is 12.1 Å². The summed E-state index contributed by atoms with van der Waals surface area (Å²) in [6.45, 7) is 12.6. The Labute approximate surface area is 78.0 Å². The lowest BCUT2D eigenvalue weighted by Crippen LogP contribution is -2.37. The third kappa shape index (κ3) is 3.11. The fourth-order valence-electron chi connectivity index (χ4n) is 1.24. The summed E-state index contributed by atoms with van der Waals surface area (Å²) >= 11 is 0. The molecule has 0 fully saturated rings. The van der Waals surface area contributed by atoms with Crippen LogP contribution >= 0.6 is 0 Å².